The molecule has 0 unspecified atom stereocenters. The Kier molecular flexibility index (Phi) is 15.5. The van der Waals surface area contributed by atoms with E-state index in [9.17, 15) is 4.79 Å². The molecule has 0 aliphatic carbocycles. The fourth-order valence-electron chi connectivity index (χ4n) is 2.05. The third-order valence-electron chi connectivity index (χ3n) is 3.30. The van der Waals surface area contributed by atoms with E-state index >= 15 is 0 Å². The van der Waals surface area contributed by atoms with Gasteiger partial charge in [0.2, 0.25) is 0 Å². The van der Waals surface area contributed by atoms with E-state index in [1.165, 1.54) is 38.5 Å². The van der Waals surface area contributed by atoms with Gasteiger partial charge in [0.05, 0.1) is 6.61 Å². The zero-order chi connectivity index (χ0) is 17.2. The fourth-order valence-corrected chi connectivity index (χ4v) is 2.05. The lowest BCUT2D eigenvalue weighted by molar-refractivity contribution is -0.136. The lowest BCUT2D eigenvalue weighted by Crippen LogP contribution is -2.02. The molecule has 0 N–H and O–H groups in total. The Morgan fingerprint density at radius 2 is 1.43 bits per heavy atom. The number of hydrogen-bond acceptors (Lipinski definition) is 2. The van der Waals surface area contributed by atoms with E-state index < -0.39 is 0 Å². The predicted molar refractivity (Wildman–Crippen MR) is 97.8 cm³/mol. The molecule has 0 aliphatic rings. The zero-order valence-corrected chi connectivity index (χ0v) is 15.0. The average Bonchev–Trinajstić information content (AvgIpc) is 2.51. The second-order valence-electron chi connectivity index (χ2n) is 5.85. The van der Waals surface area contributed by atoms with Crippen molar-refractivity contribution in [3.8, 4) is 23.7 Å². The number of carbonyl (C=O) groups is 1. The van der Waals surface area contributed by atoms with Gasteiger partial charge in [0, 0.05) is 18.8 Å². The van der Waals surface area contributed by atoms with Gasteiger partial charge in [-0.1, -0.05) is 69.8 Å². The van der Waals surface area contributed by atoms with Gasteiger partial charge >= 0.3 is 5.97 Å². The van der Waals surface area contributed by atoms with Crippen LogP contribution in [0.1, 0.15) is 84.5 Å². The topological polar surface area (TPSA) is 26.3 Å². The van der Waals surface area contributed by atoms with Crippen LogP contribution in [0.4, 0.5) is 0 Å². The van der Waals surface area contributed by atoms with E-state index in [2.05, 4.69) is 30.3 Å². The van der Waals surface area contributed by atoms with Crippen molar-refractivity contribution in [2.24, 2.45) is 0 Å². The first kappa shape index (κ1) is 21.3. The van der Waals surface area contributed by atoms with Crippen molar-refractivity contribution in [1.82, 2.24) is 0 Å². The van der Waals surface area contributed by atoms with Crippen LogP contribution in [0.2, 0.25) is 0 Å². The first-order valence-electron chi connectivity index (χ1n) is 8.96. The molecule has 0 saturated heterocycles. The molecule has 0 rings (SSSR count). The molecule has 0 spiro atoms. The maximum Gasteiger partial charge on any atom is 0.384 e. The summed E-state index contributed by atoms with van der Waals surface area (Å²) in [6.45, 7) is 8.24. The molecule has 0 saturated carbocycles. The maximum absolute atomic E-state index is 11.2. The van der Waals surface area contributed by atoms with Gasteiger partial charge in [0.15, 0.2) is 0 Å². The summed E-state index contributed by atoms with van der Waals surface area (Å²) in [4.78, 5) is 11.2. The second kappa shape index (κ2) is 16.7. The number of esters is 1. The van der Waals surface area contributed by atoms with Gasteiger partial charge in [0.1, 0.15) is 0 Å². The smallest absolute Gasteiger partial charge is 0.384 e. The summed E-state index contributed by atoms with van der Waals surface area (Å²) in [6, 6.07) is 0. The Morgan fingerprint density at radius 1 is 0.870 bits per heavy atom. The minimum Gasteiger partial charge on any atom is -0.456 e. The van der Waals surface area contributed by atoms with Crippen molar-refractivity contribution >= 4 is 5.97 Å². The molecule has 0 aliphatic heterocycles. The minimum atomic E-state index is -0.381. The highest BCUT2D eigenvalue weighted by Gasteiger charge is 1.97. The van der Waals surface area contributed by atoms with Gasteiger partial charge in [-0.05, 0) is 31.8 Å². The first-order valence-corrected chi connectivity index (χ1v) is 8.96. The van der Waals surface area contributed by atoms with E-state index in [-0.39, 0.29) is 5.97 Å². The minimum absolute atomic E-state index is 0.381. The second-order valence-corrected chi connectivity index (χ2v) is 5.85. The van der Waals surface area contributed by atoms with E-state index in [0.29, 0.717) is 6.61 Å². The monoisotopic (exact) mass is 316 g/mol. The lowest BCUT2D eigenvalue weighted by Gasteiger charge is -2.02. The molecule has 0 radical (unpaired) electrons. The molecule has 128 valence electrons. The number of ether oxygens (including phenoxy) is 1. The highest BCUT2D eigenvalue weighted by molar-refractivity contribution is 5.88. The maximum atomic E-state index is 11.2. The van der Waals surface area contributed by atoms with Crippen LogP contribution in [0, 0.1) is 23.7 Å². The highest BCUT2D eigenvalue weighted by atomic mass is 16.5. The summed E-state index contributed by atoms with van der Waals surface area (Å²) in [5.41, 5.74) is 0.948. The normalized spacial score (nSPS) is 9.30. The van der Waals surface area contributed by atoms with Crippen molar-refractivity contribution < 1.29 is 9.53 Å². The number of carbonyl (C=O) groups excluding carboxylic acids is 1. The Balaban J connectivity index is 3.26. The van der Waals surface area contributed by atoms with Crippen LogP contribution in [-0.4, -0.2) is 12.6 Å². The lowest BCUT2D eigenvalue weighted by atomic mass is 10.1. The Labute approximate surface area is 143 Å². The largest absolute Gasteiger partial charge is 0.456 e. The number of unbranched alkanes of at least 4 members (excludes halogenated alkanes) is 9. The van der Waals surface area contributed by atoms with Crippen molar-refractivity contribution in [1.29, 1.82) is 0 Å². The van der Waals surface area contributed by atoms with E-state index in [0.717, 1.165) is 37.7 Å². The number of hydrogen-bond donors (Lipinski definition) is 0. The van der Waals surface area contributed by atoms with E-state index in [1.54, 1.807) is 0 Å². The SMILES string of the molecule is C=C(C)C#CCCCCCCCCCCOC(=O)C#CCCC. The summed E-state index contributed by atoms with van der Waals surface area (Å²) >= 11 is 0. The van der Waals surface area contributed by atoms with Gasteiger partial charge in [-0.3, -0.25) is 0 Å². The van der Waals surface area contributed by atoms with Crippen LogP contribution >= 0.6 is 0 Å². The summed E-state index contributed by atoms with van der Waals surface area (Å²) in [6.07, 6.45) is 12.3. The van der Waals surface area contributed by atoms with Crippen molar-refractivity contribution in [2.75, 3.05) is 6.61 Å². The van der Waals surface area contributed by atoms with Crippen LogP contribution in [-0.2, 0) is 9.53 Å². The van der Waals surface area contributed by atoms with Crippen LogP contribution in [0.15, 0.2) is 12.2 Å². The molecular weight excluding hydrogens is 284 g/mol. The molecule has 0 atom stereocenters. The number of allylic oxidation sites excluding steroid dienone is 1. The highest BCUT2D eigenvalue weighted by Crippen LogP contribution is 2.09. The van der Waals surface area contributed by atoms with Crippen LogP contribution in [0.5, 0.6) is 0 Å². The van der Waals surface area contributed by atoms with Gasteiger partial charge < -0.3 is 4.74 Å². The molecule has 23 heavy (non-hydrogen) atoms. The van der Waals surface area contributed by atoms with Crippen LogP contribution in [0.25, 0.3) is 0 Å². The van der Waals surface area contributed by atoms with Crippen molar-refractivity contribution in [3.05, 3.63) is 12.2 Å². The average molecular weight is 316 g/mol. The molecular formula is C21H32O2. The fraction of sp³-hybridized carbons (Fsp3) is 0.667. The molecule has 0 bridgehead atoms. The number of rotatable bonds is 11. The molecule has 0 aromatic carbocycles. The molecule has 0 fully saturated rings. The molecule has 0 heterocycles. The summed E-state index contributed by atoms with van der Waals surface area (Å²) in [7, 11) is 0. The molecule has 0 aromatic rings. The summed E-state index contributed by atoms with van der Waals surface area (Å²) in [5, 5.41) is 0. The molecule has 0 aromatic heterocycles. The van der Waals surface area contributed by atoms with Gasteiger partial charge in [0.25, 0.3) is 0 Å². The van der Waals surface area contributed by atoms with Crippen molar-refractivity contribution in [3.63, 3.8) is 0 Å². The molecule has 2 heteroatoms. The molecule has 2 nitrogen and oxygen atoms in total. The van der Waals surface area contributed by atoms with E-state index in [1.807, 2.05) is 13.8 Å². The van der Waals surface area contributed by atoms with Crippen LogP contribution < -0.4 is 0 Å². The van der Waals surface area contributed by atoms with Gasteiger partial charge in [-0.2, -0.15) is 0 Å². The Bertz CT molecular complexity index is 440. The Morgan fingerprint density at radius 3 is 2.04 bits per heavy atom. The predicted octanol–water partition coefficient (Wildman–Crippen LogP) is 5.42. The van der Waals surface area contributed by atoms with Crippen molar-refractivity contribution in [2.45, 2.75) is 84.5 Å². The molecule has 0 amide bonds. The quantitative estimate of drug-likeness (QED) is 0.220. The zero-order valence-electron chi connectivity index (χ0n) is 15.0. The first-order chi connectivity index (χ1) is 11.2. The third kappa shape index (κ3) is 18.3. The van der Waals surface area contributed by atoms with Gasteiger partial charge in [-0.15, -0.1) is 0 Å². The summed E-state index contributed by atoms with van der Waals surface area (Å²) in [5.74, 6) is 11.1. The van der Waals surface area contributed by atoms with Gasteiger partial charge in [-0.25, -0.2) is 4.79 Å². The standard InChI is InChI=1S/C21H32O2/c1-4-5-14-18-21(22)23-19-16-13-11-9-7-6-8-10-12-15-17-20(2)3/h2,4-13,16,19H2,1,3H3. The summed E-state index contributed by atoms with van der Waals surface area (Å²) < 4.78 is 5.06. The van der Waals surface area contributed by atoms with E-state index in [4.69, 9.17) is 4.74 Å². The third-order valence-corrected chi connectivity index (χ3v) is 3.30. The van der Waals surface area contributed by atoms with Crippen LogP contribution in [0.3, 0.4) is 0 Å². The Hall–Kier alpha value is -1.67.